The van der Waals surface area contributed by atoms with Crippen molar-refractivity contribution < 1.29 is 9.53 Å². The first-order valence-electron chi connectivity index (χ1n) is 9.32. The van der Waals surface area contributed by atoms with Gasteiger partial charge >= 0.3 is 0 Å². The van der Waals surface area contributed by atoms with Crippen LogP contribution < -0.4 is 15.0 Å². The highest BCUT2D eigenvalue weighted by atomic mass is 16.5. The number of rotatable bonds is 9. The van der Waals surface area contributed by atoms with E-state index in [4.69, 9.17) is 4.74 Å². The molecule has 2 aromatic rings. The minimum atomic E-state index is -0.216. The second-order valence-electron chi connectivity index (χ2n) is 6.53. The molecule has 1 amide bonds. The number of ether oxygens (including phenoxy) is 1. The van der Waals surface area contributed by atoms with Crippen LogP contribution in [0.4, 0.5) is 11.4 Å². The van der Waals surface area contributed by atoms with E-state index in [2.05, 4.69) is 29.0 Å². The molecule has 0 radical (unpaired) electrons. The Morgan fingerprint density at radius 2 is 1.73 bits per heavy atom. The predicted molar refractivity (Wildman–Crippen MR) is 107 cm³/mol. The lowest BCUT2D eigenvalue weighted by Crippen LogP contribution is -2.25. The predicted octanol–water partition coefficient (Wildman–Crippen LogP) is 4.75. The maximum Gasteiger partial charge on any atom is 0.274 e. The zero-order valence-corrected chi connectivity index (χ0v) is 16.2. The van der Waals surface area contributed by atoms with Crippen LogP contribution in [0.3, 0.4) is 0 Å². The molecule has 1 aromatic carbocycles. The minimum absolute atomic E-state index is 0.123. The molecule has 0 spiro atoms. The standard InChI is InChI=1S/C21H29N3O2/c1-5-13-24(14-6-2)18-9-12-20(22-15-18)21(25)23-17-7-10-19(11-8-17)26-16(3)4/h7-12,15-16H,5-6,13-14H2,1-4H3,(H,23,25). The Kier molecular flexibility index (Phi) is 7.45. The molecule has 1 heterocycles. The Morgan fingerprint density at radius 3 is 2.23 bits per heavy atom. The molecule has 0 saturated carbocycles. The van der Waals surface area contributed by atoms with E-state index in [1.807, 2.05) is 44.2 Å². The topological polar surface area (TPSA) is 54.5 Å². The summed E-state index contributed by atoms with van der Waals surface area (Å²) in [6.07, 6.45) is 4.07. The second kappa shape index (κ2) is 9.80. The van der Waals surface area contributed by atoms with Crippen LogP contribution in [0.2, 0.25) is 0 Å². The monoisotopic (exact) mass is 355 g/mol. The number of carbonyl (C=O) groups excluding carboxylic acids is 1. The summed E-state index contributed by atoms with van der Waals surface area (Å²) in [5, 5.41) is 2.87. The van der Waals surface area contributed by atoms with E-state index in [0.717, 1.165) is 43.1 Å². The average molecular weight is 355 g/mol. The van der Waals surface area contributed by atoms with Gasteiger partial charge < -0.3 is 15.0 Å². The van der Waals surface area contributed by atoms with Gasteiger partial charge in [-0.25, -0.2) is 4.98 Å². The van der Waals surface area contributed by atoms with Crippen molar-refractivity contribution in [2.45, 2.75) is 46.6 Å². The molecule has 0 fully saturated rings. The minimum Gasteiger partial charge on any atom is -0.491 e. The van der Waals surface area contributed by atoms with Crippen LogP contribution in [-0.2, 0) is 0 Å². The van der Waals surface area contributed by atoms with Crippen LogP contribution in [0.1, 0.15) is 51.0 Å². The summed E-state index contributed by atoms with van der Waals surface area (Å²) in [6, 6.07) is 11.1. The number of benzene rings is 1. The second-order valence-corrected chi connectivity index (χ2v) is 6.53. The van der Waals surface area contributed by atoms with Gasteiger partial charge in [0.1, 0.15) is 11.4 Å². The summed E-state index contributed by atoms with van der Waals surface area (Å²) in [4.78, 5) is 19.0. The van der Waals surface area contributed by atoms with Crippen LogP contribution in [0.15, 0.2) is 42.6 Å². The van der Waals surface area contributed by atoms with E-state index < -0.39 is 0 Å². The molecule has 26 heavy (non-hydrogen) atoms. The van der Waals surface area contributed by atoms with Crippen LogP contribution in [-0.4, -0.2) is 30.1 Å². The number of aromatic nitrogens is 1. The fourth-order valence-corrected chi connectivity index (χ4v) is 2.70. The number of carbonyl (C=O) groups is 1. The highest BCUT2D eigenvalue weighted by molar-refractivity contribution is 6.02. The molecule has 2 rings (SSSR count). The van der Waals surface area contributed by atoms with Gasteiger partial charge in [-0.3, -0.25) is 4.79 Å². The molecule has 0 atom stereocenters. The van der Waals surface area contributed by atoms with Crippen LogP contribution in [0.25, 0.3) is 0 Å². The molecule has 0 aliphatic heterocycles. The van der Waals surface area contributed by atoms with Gasteiger partial charge in [0.2, 0.25) is 0 Å². The van der Waals surface area contributed by atoms with Crippen LogP contribution in [0, 0.1) is 0 Å². The van der Waals surface area contributed by atoms with Crippen molar-refractivity contribution in [1.29, 1.82) is 0 Å². The fraction of sp³-hybridized carbons (Fsp3) is 0.429. The normalized spacial score (nSPS) is 10.7. The Bertz CT molecular complexity index is 675. The van der Waals surface area contributed by atoms with Gasteiger partial charge in [0, 0.05) is 18.8 Å². The van der Waals surface area contributed by atoms with Crippen molar-refractivity contribution in [3.63, 3.8) is 0 Å². The lowest BCUT2D eigenvalue weighted by molar-refractivity contribution is 0.102. The molecular formula is C21H29N3O2. The van der Waals surface area contributed by atoms with Gasteiger partial charge in [-0.1, -0.05) is 13.8 Å². The van der Waals surface area contributed by atoms with E-state index in [9.17, 15) is 4.79 Å². The number of hydrogen-bond donors (Lipinski definition) is 1. The van der Waals surface area contributed by atoms with Crippen molar-refractivity contribution >= 4 is 17.3 Å². The summed E-state index contributed by atoms with van der Waals surface area (Å²) in [5.41, 5.74) is 2.18. The summed E-state index contributed by atoms with van der Waals surface area (Å²) < 4.78 is 5.60. The first-order valence-corrected chi connectivity index (χ1v) is 9.32. The van der Waals surface area contributed by atoms with E-state index in [1.165, 1.54) is 0 Å². The number of nitrogens with one attached hydrogen (secondary N) is 1. The number of nitrogens with zero attached hydrogens (tertiary/aromatic N) is 2. The van der Waals surface area contributed by atoms with Crippen molar-refractivity contribution in [1.82, 2.24) is 4.98 Å². The third-order valence-corrected chi connectivity index (χ3v) is 3.82. The SMILES string of the molecule is CCCN(CCC)c1ccc(C(=O)Nc2ccc(OC(C)C)cc2)nc1. The lowest BCUT2D eigenvalue weighted by Gasteiger charge is -2.23. The molecule has 140 valence electrons. The largest absolute Gasteiger partial charge is 0.491 e. The molecule has 5 heteroatoms. The van der Waals surface area contributed by atoms with E-state index >= 15 is 0 Å². The van der Waals surface area contributed by atoms with Crippen molar-refractivity contribution in [2.24, 2.45) is 0 Å². The number of amides is 1. The van der Waals surface area contributed by atoms with Gasteiger partial charge in [-0.15, -0.1) is 0 Å². The zero-order valence-electron chi connectivity index (χ0n) is 16.2. The molecule has 5 nitrogen and oxygen atoms in total. The molecular weight excluding hydrogens is 326 g/mol. The first-order chi connectivity index (χ1) is 12.5. The maximum absolute atomic E-state index is 12.4. The first kappa shape index (κ1) is 19.8. The number of hydrogen-bond acceptors (Lipinski definition) is 4. The number of anilines is 2. The molecule has 0 aliphatic carbocycles. The molecule has 1 aromatic heterocycles. The van der Waals surface area contributed by atoms with E-state index in [-0.39, 0.29) is 12.0 Å². The van der Waals surface area contributed by atoms with Gasteiger partial charge in [0.15, 0.2) is 0 Å². The van der Waals surface area contributed by atoms with Crippen LogP contribution in [0.5, 0.6) is 5.75 Å². The lowest BCUT2D eigenvalue weighted by atomic mass is 10.2. The molecule has 0 bridgehead atoms. The van der Waals surface area contributed by atoms with Gasteiger partial charge in [0.25, 0.3) is 5.91 Å². The molecule has 1 N–H and O–H groups in total. The summed E-state index contributed by atoms with van der Waals surface area (Å²) >= 11 is 0. The molecule has 0 unspecified atom stereocenters. The third-order valence-electron chi connectivity index (χ3n) is 3.82. The fourth-order valence-electron chi connectivity index (χ4n) is 2.70. The Labute approximate surface area is 156 Å². The van der Waals surface area contributed by atoms with Crippen molar-refractivity contribution in [2.75, 3.05) is 23.3 Å². The van der Waals surface area contributed by atoms with E-state index in [1.54, 1.807) is 12.3 Å². The maximum atomic E-state index is 12.4. The summed E-state index contributed by atoms with van der Waals surface area (Å²) in [6.45, 7) is 10.3. The van der Waals surface area contributed by atoms with Crippen molar-refractivity contribution in [3.05, 3.63) is 48.3 Å². The Hall–Kier alpha value is -2.56. The van der Waals surface area contributed by atoms with Gasteiger partial charge in [-0.2, -0.15) is 0 Å². The molecule has 0 aliphatic rings. The highest BCUT2D eigenvalue weighted by Gasteiger charge is 2.10. The average Bonchev–Trinajstić information content (AvgIpc) is 2.63. The van der Waals surface area contributed by atoms with Crippen molar-refractivity contribution in [3.8, 4) is 5.75 Å². The van der Waals surface area contributed by atoms with Gasteiger partial charge in [0.05, 0.1) is 18.0 Å². The number of pyridine rings is 1. The molecule has 0 saturated heterocycles. The quantitative estimate of drug-likeness (QED) is 0.705. The van der Waals surface area contributed by atoms with E-state index in [0.29, 0.717) is 5.69 Å². The summed E-state index contributed by atoms with van der Waals surface area (Å²) in [5.74, 6) is 0.569. The zero-order chi connectivity index (χ0) is 18.9. The Morgan fingerprint density at radius 1 is 1.08 bits per heavy atom. The van der Waals surface area contributed by atoms with Crippen LogP contribution >= 0.6 is 0 Å². The summed E-state index contributed by atoms with van der Waals surface area (Å²) in [7, 11) is 0. The Balaban J connectivity index is 2.01. The third kappa shape index (κ3) is 5.76. The smallest absolute Gasteiger partial charge is 0.274 e. The highest BCUT2D eigenvalue weighted by Crippen LogP contribution is 2.18. The van der Waals surface area contributed by atoms with Gasteiger partial charge in [-0.05, 0) is 63.1 Å².